The van der Waals surface area contributed by atoms with E-state index in [9.17, 15) is 14.4 Å². The topological polar surface area (TPSA) is 78.9 Å². The van der Waals surface area contributed by atoms with Crippen LogP contribution in [-0.2, 0) is 28.6 Å². The van der Waals surface area contributed by atoms with Crippen LogP contribution in [0.15, 0.2) is 72.9 Å². The van der Waals surface area contributed by atoms with Crippen LogP contribution in [0.2, 0.25) is 0 Å². The first-order chi connectivity index (χ1) is 31.5. The number of carbonyl (C=O) groups is 3. The molecule has 0 aromatic heterocycles. The molecule has 1 unspecified atom stereocenters. The number of esters is 3. The monoisotopic (exact) mass is 893 g/mol. The van der Waals surface area contributed by atoms with Crippen LogP contribution in [0, 0.1) is 0 Å². The smallest absolute Gasteiger partial charge is 0.306 e. The third-order valence-corrected chi connectivity index (χ3v) is 11.4. The highest BCUT2D eigenvalue weighted by Gasteiger charge is 2.19. The summed E-state index contributed by atoms with van der Waals surface area (Å²) in [6.07, 6.45) is 66.1. The molecule has 0 aromatic carbocycles. The molecule has 0 N–H and O–H groups in total. The van der Waals surface area contributed by atoms with Crippen molar-refractivity contribution in [2.45, 2.75) is 264 Å². The van der Waals surface area contributed by atoms with Gasteiger partial charge in [0.25, 0.3) is 0 Å². The predicted octanol–water partition coefficient (Wildman–Crippen LogP) is 17.8. The van der Waals surface area contributed by atoms with Crippen LogP contribution in [0.5, 0.6) is 0 Å². The lowest BCUT2D eigenvalue weighted by atomic mass is 10.1. The highest BCUT2D eigenvalue weighted by molar-refractivity contribution is 5.71. The molecule has 0 saturated carbocycles. The molecule has 6 nitrogen and oxygen atoms in total. The summed E-state index contributed by atoms with van der Waals surface area (Å²) < 4.78 is 16.8. The summed E-state index contributed by atoms with van der Waals surface area (Å²) in [5, 5.41) is 0. The van der Waals surface area contributed by atoms with E-state index in [1.165, 1.54) is 128 Å². The maximum atomic E-state index is 12.8. The molecule has 368 valence electrons. The number of unbranched alkanes of at least 4 members (excludes halogenated alkanes) is 25. The van der Waals surface area contributed by atoms with Crippen molar-refractivity contribution in [3.63, 3.8) is 0 Å². The number of carbonyl (C=O) groups excluding carboxylic acids is 3. The first-order valence-corrected chi connectivity index (χ1v) is 26.9. The lowest BCUT2D eigenvalue weighted by Gasteiger charge is -2.18. The van der Waals surface area contributed by atoms with Crippen LogP contribution in [0.25, 0.3) is 0 Å². The number of ether oxygens (including phenoxy) is 3. The minimum Gasteiger partial charge on any atom is -0.462 e. The highest BCUT2D eigenvalue weighted by atomic mass is 16.6. The molecule has 0 aliphatic carbocycles. The molecule has 0 aromatic rings. The molecule has 0 radical (unpaired) electrons. The summed E-state index contributed by atoms with van der Waals surface area (Å²) in [4.78, 5) is 38.0. The SMILES string of the molecule is CC/C=C/C/C=C/C/C=C/CCCCCCCCC(=O)OC(COC(=O)CC/C=C/C/C=C/CCCCCCCC)COC(=O)CCCCCCCCC/C=C/CCCCCCCC. The maximum Gasteiger partial charge on any atom is 0.306 e. The second-order valence-electron chi connectivity index (χ2n) is 17.7. The molecule has 0 aliphatic rings. The van der Waals surface area contributed by atoms with Crippen LogP contribution >= 0.6 is 0 Å². The van der Waals surface area contributed by atoms with Gasteiger partial charge in [-0.1, -0.05) is 216 Å². The van der Waals surface area contributed by atoms with E-state index >= 15 is 0 Å². The third-order valence-electron chi connectivity index (χ3n) is 11.4. The Morgan fingerprint density at radius 1 is 0.328 bits per heavy atom. The van der Waals surface area contributed by atoms with Gasteiger partial charge in [0.15, 0.2) is 6.10 Å². The average Bonchev–Trinajstić information content (AvgIpc) is 3.29. The summed E-state index contributed by atoms with van der Waals surface area (Å²) in [6, 6.07) is 0. The van der Waals surface area contributed by atoms with Gasteiger partial charge in [-0.05, 0) is 96.3 Å². The Hall–Kier alpha value is -3.15. The number of rotatable bonds is 48. The van der Waals surface area contributed by atoms with Gasteiger partial charge in [0.05, 0.1) is 0 Å². The van der Waals surface area contributed by atoms with Gasteiger partial charge < -0.3 is 14.2 Å². The quantitative estimate of drug-likeness (QED) is 0.0262. The molecule has 0 heterocycles. The molecule has 0 rings (SSSR count). The summed E-state index contributed by atoms with van der Waals surface area (Å²) in [6.45, 7) is 6.46. The van der Waals surface area contributed by atoms with Crippen LogP contribution < -0.4 is 0 Å². The van der Waals surface area contributed by atoms with E-state index < -0.39 is 6.10 Å². The fourth-order valence-electron chi connectivity index (χ4n) is 7.39. The molecule has 0 aliphatic heterocycles. The molecule has 0 fully saturated rings. The maximum absolute atomic E-state index is 12.8. The minimum absolute atomic E-state index is 0.0999. The summed E-state index contributed by atoms with van der Waals surface area (Å²) >= 11 is 0. The molecule has 0 amide bonds. The van der Waals surface area contributed by atoms with Gasteiger partial charge in [-0.3, -0.25) is 14.4 Å². The van der Waals surface area contributed by atoms with E-state index in [-0.39, 0.29) is 37.5 Å². The van der Waals surface area contributed by atoms with Gasteiger partial charge in [0.2, 0.25) is 0 Å². The van der Waals surface area contributed by atoms with Crippen molar-refractivity contribution in [3.8, 4) is 0 Å². The Morgan fingerprint density at radius 2 is 0.641 bits per heavy atom. The molecule has 0 saturated heterocycles. The molecular weight excluding hydrogens is 793 g/mol. The Labute approximate surface area is 395 Å². The van der Waals surface area contributed by atoms with Gasteiger partial charge in [-0.2, -0.15) is 0 Å². The zero-order valence-corrected chi connectivity index (χ0v) is 42.0. The van der Waals surface area contributed by atoms with Crippen LogP contribution in [0.1, 0.15) is 258 Å². The summed E-state index contributed by atoms with van der Waals surface area (Å²) in [5.74, 6) is -0.984. The van der Waals surface area contributed by atoms with Crippen molar-refractivity contribution in [2.24, 2.45) is 0 Å². The van der Waals surface area contributed by atoms with E-state index in [1.54, 1.807) is 0 Å². The summed E-state index contributed by atoms with van der Waals surface area (Å²) in [5.41, 5.74) is 0. The van der Waals surface area contributed by atoms with Crippen molar-refractivity contribution < 1.29 is 28.6 Å². The second kappa shape index (κ2) is 52.5. The molecule has 0 bridgehead atoms. The van der Waals surface area contributed by atoms with E-state index in [2.05, 4.69) is 87.6 Å². The number of hydrogen-bond donors (Lipinski definition) is 0. The van der Waals surface area contributed by atoms with E-state index in [4.69, 9.17) is 14.2 Å². The summed E-state index contributed by atoms with van der Waals surface area (Å²) in [7, 11) is 0. The fourth-order valence-corrected chi connectivity index (χ4v) is 7.39. The number of hydrogen-bond acceptors (Lipinski definition) is 6. The van der Waals surface area contributed by atoms with E-state index in [1.807, 2.05) is 6.08 Å². The van der Waals surface area contributed by atoms with Crippen LogP contribution in [-0.4, -0.2) is 37.2 Å². The molecule has 64 heavy (non-hydrogen) atoms. The van der Waals surface area contributed by atoms with E-state index in [0.717, 1.165) is 83.5 Å². The highest BCUT2D eigenvalue weighted by Crippen LogP contribution is 2.14. The molecule has 6 heteroatoms. The zero-order chi connectivity index (χ0) is 46.5. The Balaban J connectivity index is 4.45. The second-order valence-corrected chi connectivity index (χ2v) is 17.7. The van der Waals surface area contributed by atoms with Crippen molar-refractivity contribution in [1.82, 2.24) is 0 Å². The fraction of sp³-hybridized carbons (Fsp3) is 0.741. The van der Waals surface area contributed by atoms with Gasteiger partial charge in [-0.25, -0.2) is 0 Å². The van der Waals surface area contributed by atoms with Crippen molar-refractivity contribution >= 4 is 17.9 Å². The molecular formula is C58H100O6. The Kier molecular flexibility index (Phi) is 49.9. The van der Waals surface area contributed by atoms with Gasteiger partial charge in [0, 0.05) is 19.3 Å². The van der Waals surface area contributed by atoms with Gasteiger partial charge >= 0.3 is 17.9 Å². The van der Waals surface area contributed by atoms with Crippen LogP contribution in [0.4, 0.5) is 0 Å². The van der Waals surface area contributed by atoms with Crippen molar-refractivity contribution in [2.75, 3.05) is 13.2 Å². The molecule has 0 spiro atoms. The average molecular weight is 893 g/mol. The zero-order valence-electron chi connectivity index (χ0n) is 42.0. The van der Waals surface area contributed by atoms with E-state index in [0.29, 0.717) is 19.3 Å². The standard InChI is InChI=1S/C58H100O6/c1-4-7-10-13-16-19-22-25-27-29-31-33-36-39-42-45-48-51-57(60)63-54-55(53-62-56(59)50-47-44-41-38-35-32-24-21-18-15-12-9-6-3)64-58(61)52-49-46-43-40-37-34-30-28-26-23-20-17-14-11-8-5-2/h8,11,17,20,25-28,32,35,41,44,55H,4-7,9-10,12-16,18-19,21-24,29-31,33-34,36-40,42-43,45-54H2,1-3H3/b11-8+,20-17+,27-25+,28-26+,35-32+,44-41+. The minimum atomic E-state index is -0.806. The van der Waals surface area contributed by atoms with Crippen molar-refractivity contribution in [3.05, 3.63) is 72.9 Å². The predicted molar refractivity (Wildman–Crippen MR) is 274 cm³/mol. The first kappa shape index (κ1) is 60.9. The Morgan fingerprint density at radius 3 is 1.06 bits per heavy atom. The number of allylic oxidation sites excluding steroid dienone is 12. The largest absolute Gasteiger partial charge is 0.462 e. The van der Waals surface area contributed by atoms with Gasteiger partial charge in [-0.15, -0.1) is 0 Å². The molecule has 1 atom stereocenters. The first-order valence-electron chi connectivity index (χ1n) is 26.9. The third kappa shape index (κ3) is 49.9. The van der Waals surface area contributed by atoms with Crippen LogP contribution in [0.3, 0.4) is 0 Å². The van der Waals surface area contributed by atoms with Crippen molar-refractivity contribution in [1.29, 1.82) is 0 Å². The van der Waals surface area contributed by atoms with Gasteiger partial charge in [0.1, 0.15) is 13.2 Å². The normalized spacial score (nSPS) is 12.6. The Bertz CT molecular complexity index is 1210. The lowest BCUT2D eigenvalue weighted by molar-refractivity contribution is -0.166. The lowest BCUT2D eigenvalue weighted by Crippen LogP contribution is -2.30.